The zero-order chi connectivity index (χ0) is 23.7. The van der Waals surface area contributed by atoms with Crippen molar-refractivity contribution in [1.82, 2.24) is 0 Å². The second-order valence-corrected chi connectivity index (χ2v) is 8.43. The second-order valence-electron chi connectivity index (χ2n) is 8.43. The predicted octanol–water partition coefficient (Wildman–Crippen LogP) is -0.916. The predicted molar refractivity (Wildman–Crippen MR) is 104 cm³/mol. The summed E-state index contributed by atoms with van der Waals surface area (Å²) in [6, 6.07) is 0. The third kappa shape index (κ3) is 33.4. The van der Waals surface area contributed by atoms with Gasteiger partial charge in [-0.15, -0.1) is 26.4 Å². The normalized spacial score (nSPS) is 11.6. The van der Waals surface area contributed by atoms with Crippen molar-refractivity contribution in [3.05, 3.63) is 0 Å². The minimum Gasteiger partial charge on any atom is -0.852 e. The largest absolute Gasteiger partial charge is 4.00 e. The number of hydrogen-bond acceptors (Lipinski definition) is 8. The molecule has 9 heteroatoms. The van der Waals surface area contributed by atoms with Gasteiger partial charge in [-0.1, -0.05) is 0 Å². The van der Waals surface area contributed by atoms with E-state index in [1.54, 1.807) is 55.4 Å². The number of hydrogen-bond donors (Lipinski definition) is 0. The van der Waals surface area contributed by atoms with Gasteiger partial charge in [-0.05, 0) is 55.4 Å². The van der Waals surface area contributed by atoms with Crippen molar-refractivity contribution in [3.63, 3.8) is 0 Å². The van der Waals surface area contributed by atoms with E-state index in [1.165, 1.54) is 28.4 Å². The molecule has 29 heavy (non-hydrogen) atoms. The van der Waals surface area contributed by atoms with Gasteiger partial charge in [0, 0.05) is 50.8 Å². The Bertz CT molecular complexity index is 246. The van der Waals surface area contributed by atoms with E-state index < -0.39 is 22.4 Å². The van der Waals surface area contributed by atoms with Gasteiger partial charge in [0.15, 0.2) is 0 Å². The molecule has 0 aromatic rings. The molecule has 0 aliphatic carbocycles. The minimum absolute atomic E-state index is 0. The topological polar surface area (TPSA) is 129 Å². The molecule has 0 rings (SSSR count). The van der Waals surface area contributed by atoms with Crippen molar-refractivity contribution in [2.45, 2.75) is 77.8 Å². The molecule has 176 valence electrons. The minimum atomic E-state index is -0.472. The summed E-state index contributed by atoms with van der Waals surface area (Å²) in [5.74, 6) is 0. The van der Waals surface area contributed by atoms with E-state index in [0.29, 0.717) is 0 Å². The molecule has 0 fully saturated rings. The summed E-state index contributed by atoms with van der Waals surface area (Å²) in [4.78, 5) is 0. The van der Waals surface area contributed by atoms with Gasteiger partial charge in [-0.2, -0.15) is 0 Å². The molecule has 0 N–H and O–H groups in total. The van der Waals surface area contributed by atoms with E-state index in [-0.39, 0.29) is 52.6 Å². The maximum Gasteiger partial charge on any atom is 4.00 e. The van der Waals surface area contributed by atoms with E-state index in [1.807, 2.05) is 0 Å². The molecule has 0 bridgehead atoms. The summed E-state index contributed by atoms with van der Waals surface area (Å²) in [6.45, 7) is 13.4. The molecule has 0 atom stereocenters. The van der Waals surface area contributed by atoms with Crippen LogP contribution in [0.5, 0.6) is 0 Å². The standard InChI is InChI=1S/4C5H11O2.Zr/c4*1-5(2,4-6)7-3;/h4*4H2,1-3H3;/q4*-1;+4. The SMILES string of the molecule is COC(C)(C)C[O-].COC(C)(C)C[O-].COC(C)(C)C[O-].COC(C)(C)C[O-].[Zr+4]. The molecular weight excluding hydrogens is 459 g/mol. The van der Waals surface area contributed by atoms with Gasteiger partial charge in [-0.3, -0.25) is 0 Å². The molecule has 0 unspecified atom stereocenters. The Morgan fingerprint density at radius 3 is 0.517 bits per heavy atom. The summed E-state index contributed by atoms with van der Waals surface area (Å²) < 4.78 is 19.1. The Morgan fingerprint density at radius 2 is 0.517 bits per heavy atom. The molecule has 0 saturated carbocycles. The molecule has 0 saturated heterocycles. The van der Waals surface area contributed by atoms with E-state index >= 15 is 0 Å². The molecule has 0 radical (unpaired) electrons. The zero-order valence-electron chi connectivity index (χ0n) is 20.6. The first kappa shape index (κ1) is 40.0. The number of ether oxygens (including phenoxy) is 4. The van der Waals surface area contributed by atoms with Crippen LogP contribution in [-0.2, 0) is 45.2 Å². The number of methoxy groups -OCH3 is 4. The van der Waals surface area contributed by atoms with E-state index in [9.17, 15) is 20.4 Å². The Kier molecular flexibility index (Phi) is 28.2. The van der Waals surface area contributed by atoms with Gasteiger partial charge >= 0.3 is 26.2 Å². The Morgan fingerprint density at radius 1 is 0.414 bits per heavy atom. The summed E-state index contributed by atoms with van der Waals surface area (Å²) in [5, 5.41) is 40.2. The van der Waals surface area contributed by atoms with E-state index in [0.717, 1.165) is 0 Å². The third-order valence-corrected chi connectivity index (χ3v) is 3.60. The molecular formula is C20H44O8Zr. The van der Waals surface area contributed by atoms with Crippen LogP contribution in [0.15, 0.2) is 0 Å². The molecule has 0 heterocycles. The smallest absolute Gasteiger partial charge is 0.852 e. The Hall–Kier alpha value is 0.563. The maximum atomic E-state index is 10.1. The van der Waals surface area contributed by atoms with Crippen molar-refractivity contribution < 1.29 is 65.6 Å². The quantitative estimate of drug-likeness (QED) is 0.416. The Labute approximate surface area is 198 Å². The summed E-state index contributed by atoms with van der Waals surface area (Å²) in [6.07, 6.45) is 0. The van der Waals surface area contributed by atoms with Gasteiger partial charge in [-0.25, -0.2) is 0 Å². The maximum absolute atomic E-state index is 10.1. The second kappa shape index (κ2) is 20.5. The molecule has 0 aliphatic rings. The van der Waals surface area contributed by atoms with E-state index in [4.69, 9.17) is 18.9 Å². The van der Waals surface area contributed by atoms with E-state index in [2.05, 4.69) is 0 Å². The van der Waals surface area contributed by atoms with Crippen LogP contribution in [0.2, 0.25) is 0 Å². The first-order valence-electron chi connectivity index (χ1n) is 9.02. The number of rotatable bonds is 8. The van der Waals surface area contributed by atoms with Crippen molar-refractivity contribution in [2.24, 2.45) is 0 Å². The Balaban J connectivity index is -0.0000000873. The van der Waals surface area contributed by atoms with Crippen molar-refractivity contribution in [1.29, 1.82) is 0 Å². The average Bonchev–Trinajstić information content (AvgIpc) is 2.69. The van der Waals surface area contributed by atoms with Gasteiger partial charge in [0.1, 0.15) is 0 Å². The van der Waals surface area contributed by atoms with Gasteiger partial charge in [0.2, 0.25) is 0 Å². The van der Waals surface area contributed by atoms with Crippen LogP contribution in [0.25, 0.3) is 0 Å². The fourth-order valence-corrected chi connectivity index (χ4v) is 0.236. The fraction of sp³-hybridized carbons (Fsp3) is 1.00. The summed E-state index contributed by atoms with van der Waals surface area (Å²) >= 11 is 0. The first-order valence-corrected chi connectivity index (χ1v) is 9.02. The summed E-state index contributed by atoms with van der Waals surface area (Å²) in [7, 11) is 6.16. The molecule has 0 amide bonds. The van der Waals surface area contributed by atoms with Gasteiger partial charge in [0.25, 0.3) is 0 Å². The van der Waals surface area contributed by atoms with Crippen molar-refractivity contribution in [3.8, 4) is 0 Å². The van der Waals surface area contributed by atoms with Crippen molar-refractivity contribution in [2.75, 3.05) is 54.9 Å². The van der Waals surface area contributed by atoms with Crippen molar-refractivity contribution >= 4 is 0 Å². The molecule has 0 aliphatic heterocycles. The molecule has 0 spiro atoms. The summed E-state index contributed by atoms with van der Waals surface area (Å²) in [5.41, 5.74) is -1.89. The van der Waals surface area contributed by atoms with Crippen LogP contribution >= 0.6 is 0 Å². The van der Waals surface area contributed by atoms with Crippen LogP contribution < -0.4 is 20.4 Å². The zero-order valence-corrected chi connectivity index (χ0v) is 23.1. The monoisotopic (exact) mass is 502 g/mol. The third-order valence-electron chi connectivity index (χ3n) is 3.60. The van der Waals surface area contributed by atoms with Crippen LogP contribution in [-0.4, -0.2) is 77.3 Å². The van der Waals surface area contributed by atoms with Gasteiger partial charge in [0.05, 0.1) is 0 Å². The van der Waals surface area contributed by atoms with Crippen LogP contribution in [0, 0.1) is 0 Å². The van der Waals surface area contributed by atoms with Crippen LogP contribution in [0.3, 0.4) is 0 Å². The van der Waals surface area contributed by atoms with Gasteiger partial charge < -0.3 is 39.4 Å². The molecule has 8 nitrogen and oxygen atoms in total. The average molecular weight is 504 g/mol. The van der Waals surface area contributed by atoms with Crippen LogP contribution in [0.4, 0.5) is 0 Å². The fourth-order valence-electron chi connectivity index (χ4n) is 0.236. The van der Waals surface area contributed by atoms with Crippen LogP contribution in [0.1, 0.15) is 55.4 Å². The molecule has 0 aromatic heterocycles. The first-order chi connectivity index (χ1) is 12.5. The molecule has 0 aromatic carbocycles.